The van der Waals surface area contributed by atoms with E-state index in [1.807, 2.05) is 6.07 Å². The highest BCUT2D eigenvalue weighted by atomic mass is 79.9. The molecule has 1 N–H and O–H groups in total. The second-order valence-electron chi connectivity index (χ2n) is 5.10. The van der Waals surface area contributed by atoms with Crippen molar-refractivity contribution in [1.29, 1.82) is 0 Å². The van der Waals surface area contributed by atoms with Crippen LogP contribution in [0.3, 0.4) is 0 Å². The lowest BCUT2D eigenvalue weighted by molar-refractivity contribution is 0.281. The van der Waals surface area contributed by atoms with Crippen LogP contribution in [0.5, 0.6) is 0 Å². The van der Waals surface area contributed by atoms with Gasteiger partial charge < -0.3 is 5.32 Å². The highest BCUT2D eigenvalue weighted by Crippen LogP contribution is 2.31. The lowest BCUT2D eigenvalue weighted by Crippen LogP contribution is -2.30. The molecule has 1 fully saturated rings. The SMILES string of the molecule is CC1CC(C)CC(Nc2cccnc2Br)C1. The molecule has 16 heavy (non-hydrogen) atoms. The summed E-state index contributed by atoms with van der Waals surface area (Å²) in [4.78, 5) is 4.24. The third-order valence-corrected chi connectivity index (χ3v) is 3.93. The van der Waals surface area contributed by atoms with Crippen molar-refractivity contribution in [1.82, 2.24) is 4.98 Å². The fourth-order valence-corrected chi connectivity index (χ4v) is 3.14. The van der Waals surface area contributed by atoms with Gasteiger partial charge in [-0.3, -0.25) is 0 Å². The minimum Gasteiger partial charge on any atom is -0.380 e. The molecule has 0 bridgehead atoms. The average Bonchev–Trinajstić information content (AvgIpc) is 2.20. The van der Waals surface area contributed by atoms with Crippen molar-refractivity contribution in [2.75, 3.05) is 5.32 Å². The van der Waals surface area contributed by atoms with E-state index in [-0.39, 0.29) is 0 Å². The predicted molar refractivity (Wildman–Crippen MR) is 71.5 cm³/mol. The largest absolute Gasteiger partial charge is 0.380 e. The average molecular weight is 283 g/mol. The number of anilines is 1. The van der Waals surface area contributed by atoms with Crippen LogP contribution in [-0.4, -0.2) is 11.0 Å². The fourth-order valence-electron chi connectivity index (χ4n) is 2.78. The van der Waals surface area contributed by atoms with E-state index in [2.05, 4.69) is 46.1 Å². The Bertz CT molecular complexity index is 344. The molecule has 0 aromatic carbocycles. The van der Waals surface area contributed by atoms with Crippen LogP contribution >= 0.6 is 15.9 Å². The van der Waals surface area contributed by atoms with Crippen molar-refractivity contribution in [3.05, 3.63) is 22.9 Å². The molecule has 1 heterocycles. The third kappa shape index (κ3) is 2.97. The summed E-state index contributed by atoms with van der Waals surface area (Å²) in [6, 6.07) is 4.66. The van der Waals surface area contributed by atoms with Gasteiger partial charge in [-0.05, 0) is 59.2 Å². The van der Waals surface area contributed by atoms with Gasteiger partial charge in [-0.25, -0.2) is 4.98 Å². The zero-order valence-corrected chi connectivity index (χ0v) is 11.5. The first-order valence-corrected chi connectivity index (χ1v) is 6.81. The molecule has 0 aliphatic heterocycles. The number of nitrogens with one attached hydrogen (secondary N) is 1. The maximum absolute atomic E-state index is 4.24. The van der Waals surface area contributed by atoms with E-state index < -0.39 is 0 Å². The molecule has 0 amide bonds. The smallest absolute Gasteiger partial charge is 0.129 e. The number of hydrogen-bond acceptors (Lipinski definition) is 2. The lowest BCUT2D eigenvalue weighted by atomic mass is 9.80. The van der Waals surface area contributed by atoms with E-state index >= 15 is 0 Å². The van der Waals surface area contributed by atoms with Crippen molar-refractivity contribution in [2.24, 2.45) is 11.8 Å². The number of hydrogen-bond donors (Lipinski definition) is 1. The Labute approximate surface area is 106 Å². The minimum absolute atomic E-state index is 0.597. The molecule has 1 aromatic heterocycles. The molecule has 0 saturated heterocycles. The molecule has 0 radical (unpaired) electrons. The second kappa shape index (κ2) is 5.17. The van der Waals surface area contributed by atoms with Crippen molar-refractivity contribution >= 4 is 21.6 Å². The zero-order valence-electron chi connectivity index (χ0n) is 9.91. The number of pyridine rings is 1. The van der Waals surface area contributed by atoms with Crippen LogP contribution in [-0.2, 0) is 0 Å². The topological polar surface area (TPSA) is 24.9 Å². The van der Waals surface area contributed by atoms with Crippen LogP contribution in [0.1, 0.15) is 33.1 Å². The standard InChI is InChI=1S/C13H19BrN2/c1-9-6-10(2)8-11(7-9)16-12-4-3-5-15-13(12)14/h3-5,9-11,16H,6-8H2,1-2H3. The summed E-state index contributed by atoms with van der Waals surface area (Å²) < 4.78 is 0.917. The van der Waals surface area contributed by atoms with E-state index in [9.17, 15) is 0 Å². The number of rotatable bonds is 2. The summed E-state index contributed by atoms with van der Waals surface area (Å²) in [5.74, 6) is 1.66. The van der Waals surface area contributed by atoms with E-state index in [4.69, 9.17) is 0 Å². The maximum Gasteiger partial charge on any atom is 0.129 e. The summed E-state index contributed by atoms with van der Waals surface area (Å²) in [5.41, 5.74) is 1.12. The second-order valence-corrected chi connectivity index (χ2v) is 5.85. The van der Waals surface area contributed by atoms with Gasteiger partial charge in [0.1, 0.15) is 4.60 Å². The lowest BCUT2D eigenvalue weighted by Gasteiger charge is -2.32. The van der Waals surface area contributed by atoms with Gasteiger partial charge in [0.05, 0.1) is 5.69 Å². The molecule has 2 nitrogen and oxygen atoms in total. The summed E-state index contributed by atoms with van der Waals surface area (Å²) in [5, 5.41) is 3.60. The maximum atomic E-state index is 4.24. The Morgan fingerprint density at radius 3 is 2.56 bits per heavy atom. The normalized spacial score (nSPS) is 30.1. The molecule has 1 aliphatic rings. The van der Waals surface area contributed by atoms with Crippen LogP contribution in [0, 0.1) is 11.8 Å². The van der Waals surface area contributed by atoms with Gasteiger partial charge in [-0.1, -0.05) is 13.8 Å². The molecule has 1 aliphatic carbocycles. The van der Waals surface area contributed by atoms with Gasteiger partial charge in [0, 0.05) is 12.2 Å². The molecule has 2 atom stereocenters. The molecule has 0 spiro atoms. The minimum atomic E-state index is 0.597. The summed E-state index contributed by atoms with van der Waals surface area (Å²) in [6.07, 6.45) is 5.71. The summed E-state index contributed by atoms with van der Waals surface area (Å²) in [6.45, 7) is 4.70. The number of nitrogens with zero attached hydrogens (tertiary/aromatic N) is 1. The van der Waals surface area contributed by atoms with E-state index in [0.717, 1.165) is 22.1 Å². The molecule has 88 valence electrons. The van der Waals surface area contributed by atoms with Gasteiger partial charge in [0.15, 0.2) is 0 Å². The van der Waals surface area contributed by atoms with E-state index in [1.165, 1.54) is 19.3 Å². The molecule has 1 aromatic rings. The first-order valence-electron chi connectivity index (χ1n) is 6.02. The van der Waals surface area contributed by atoms with Crippen LogP contribution < -0.4 is 5.32 Å². The van der Waals surface area contributed by atoms with Crippen molar-refractivity contribution in [3.63, 3.8) is 0 Å². The highest BCUT2D eigenvalue weighted by molar-refractivity contribution is 9.10. The predicted octanol–water partition coefficient (Wildman–Crippen LogP) is 4.08. The first-order chi connectivity index (χ1) is 7.65. The summed E-state index contributed by atoms with van der Waals surface area (Å²) in [7, 11) is 0. The Morgan fingerprint density at radius 1 is 1.25 bits per heavy atom. The molecular formula is C13H19BrN2. The Morgan fingerprint density at radius 2 is 1.94 bits per heavy atom. The van der Waals surface area contributed by atoms with Crippen molar-refractivity contribution in [3.8, 4) is 0 Å². The Balaban J connectivity index is 2.02. The number of aromatic nitrogens is 1. The zero-order chi connectivity index (χ0) is 11.5. The monoisotopic (exact) mass is 282 g/mol. The van der Waals surface area contributed by atoms with Crippen LogP contribution in [0.4, 0.5) is 5.69 Å². The van der Waals surface area contributed by atoms with Gasteiger partial charge in [-0.15, -0.1) is 0 Å². The van der Waals surface area contributed by atoms with E-state index in [0.29, 0.717) is 6.04 Å². The molecular weight excluding hydrogens is 264 g/mol. The Kier molecular flexibility index (Phi) is 3.85. The molecule has 2 rings (SSSR count). The van der Waals surface area contributed by atoms with Crippen LogP contribution in [0.25, 0.3) is 0 Å². The third-order valence-electron chi connectivity index (χ3n) is 3.30. The fraction of sp³-hybridized carbons (Fsp3) is 0.615. The van der Waals surface area contributed by atoms with Crippen molar-refractivity contribution < 1.29 is 0 Å². The number of halogens is 1. The van der Waals surface area contributed by atoms with Crippen LogP contribution in [0.15, 0.2) is 22.9 Å². The quantitative estimate of drug-likeness (QED) is 0.827. The Hall–Kier alpha value is -0.570. The molecule has 2 unspecified atom stereocenters. The first kappa shape index (κ1) is 11.9. The molecule has 1 saturated carbocycles. The summed E-state index contributed by atoms with van der Waals surface area (Å²) >= 11 is 3.48. The van der Waals surface area contributed by atoms with Crippen molar-refractivity contribution in [2.45, 2.75) is 39.2 Å². The van der Waals surface area contributed by atoms with Gasteiger partial charge in [-0.2, -0.15) is 0 Å². The van der Waals surface area contributed by atoms with Gasteiger partial charge >= 0.3 is 0 Å². The molecule has 3 heteroatoms. The van der Waals surface area contributed by atoms with Gasteiger partial charge in [0.25, 0.3) is 0 Å². The van der Waals surface area contributed by atoms with Crippen LogP contribution in [0.2, 0.25) is 0 Å². The van der Waals surface area contributed by atoms with Gasteiger partial charge in [0.2, 0.25) is 0 Å². The highest BCUT2D eigenvalue weighted by Gasteiger charge is 2.24. The van der Waals surface area contributed by atoms with E-state index in [1.54, 1.807) is 6.20 Å².